The van der Waals surface area contributed by atoms with Crippen molar-refractivity contribution in [1.29, 1.82) is 0 Å². The van der Waals surface area contributed by atoms with E-state index in [2.05, 4.69) is 5.10 Å². The first-order valence-corrected chi connectivity index (χ1v) is 8.68. The Bertz CT molecular complexity index is 803. The summed E-state index contributed by atoms with van der Waals surface area (Å²) in [6.45, 7) is 0.0686. The number of benzene rings is 1. The first kappa shape index (κ1) is 16.0. The van der Waals surface area contributed by atoms with Gasteiger partial charge in [-0.2, -0.15) is 9.40 Å². The molecule has 1 aromatic carbocycles. The second-order valence-corrected chi connectivity index (χ2v) is 7.50. The van der Waals surface area contributed by atoms with Crippen molar-refractivity contribution in [3.05, 3.63) is 42.2 Å². The van der Waals surface area contributed by atoms with Crippen LogP contribution >= 0.6 is 0 Å². The first-order valence-electron chi connectivity index (χ1n) is 7.24. The van der Waals surface area contributed by atoms with Crippen molar-refractivity contribution in [2.75, 3.05) is 13.7 Å². The quantitative estimate of drug-likeness (QED) is 0.897. The van der Waals surface area contributed by atoms with Gasteiger partial charge >= 0.3 is 0 Å². The van der Waals surface area contributed by atoms with Crippen LogP contribution in [0.2, 0.25) is 0 Å². The lowest BCUT2D eigenvalue weighted by Crippen LogP contribution is -2.31. The van der Waals surface area contributed by atoms with Gasteiger partial charge in [-0.05, 0) is 24.1 Å². The summed E-state index contributed by atoms with van der Waals surface area (Å²) >= 11 is 0. The maximum Gasteiger partial charge on any atom is 0.246 e. The molecule has 0 amide bonds. The number of rotatable bonds is 4. The van der Waals surface area contributed by atoms with Crippen LogP contribution in [0.5, 0.6) is 5.75 Å². The smallest absolute Gasteiger partial charge is 0.246 e. The molecule has 2 heterocycles. The van der Waals surface area contributed by atoms with Gasteiger partial charge in [0.05, 0.1) is 25.5 Å². The zero-order chi connectivity index (χ0) is 16.6. The average Bonchev–Trinajstić information content (AvgIpc) is 3.14. The second kappa shape index (κ2) is 5.95. The number of nitrogens with zero attached hydrogens (tertiary/aromatic N) is 3. The Morgan fingerprint density at radius 1 is 1.39 bits per heavy atom. The molecule has 7 nitrogen and oxygen atoms in total. The van der Waals surface area contributed by atoms with E-state index in [0.717, 1.165) is 5.56 Å². The number of aromatic nitrogens is 2. The SMILES string of the molecule is COc1cccc([C@@H]2C[C@H](O)CN2S(=O)(=O)c2cnn(C)c2)c1. The number of sulfonamides is 1. The highest BCUT2D eigenvalue weighted by Crippen LogP contribution is 2.37. The molecule has 124 valence electrons. The average molecular weight is 337 g/mol. The predicted octanol–water partition coefficient (Wildman–Crippen LogP) is 0.925. The van der Waals surface area contributed by atoms with E-state index < -0.39 is 22.2 Å². The molecule has 3 rings (SSSR count). The number of hydrogen-bond donors (Lipinski definition) is 1. The van der Waals surface area contributed by atoms with Gasteiger partial charge in [0, 0.05) is 19.8 Å². The van der Waals surface area contributed by atoms with Gasteiger partial charge in [0.15, 0.2) is 0 Å². The van der Waals surface area contributed by atoms with Crippen LogP contribution in [0.4, 0.5) is 0 Å². The second-order valence-electron chi connectivity index (χ2n) is 5.61. The van der Waals surface area contributed by atoms with Crippen LogP contribution in [0, 0.1) is 0 Å². The fraction of sp³-hybridized carbons (Fsp3) is 0.400. The predicted molar refractivity (Wildman–Crippen MR) is 83.5 cm³/mol. The third-order valence-corrected chi connectivity index (χ3v) is 5.83. The highest BCUT2D eigenvalue weighted by Gasteiger charge is 2.41. The van der Waals surface area contributed by atoms with E-state index in [1.54, 1.807) is 26.3 Å². The lowest BCUT2D eigenvalue weighted by atomic mass is 10.0. The Morgan fingerprint density at radius 2 is 2.17 bits per heavy atom. The molecule has 1 aliphatic heterocycles. The van der Waals surface area contributed by atoms with Crippen molar-refractivity contribution in [3.8, 4) is 5.75 Å². The van der Waals surface area contributed by atoms with Crippen molar-refractivity contribution >= 4 is 10.0 Å². The van der Waals surface area contributed by atoms with E-state index in [0.29, 0.717) is 12.2 Å². The minimum absolute atomic E-state index is 0.0686. The van der Waals surface area contributed by atoms with E-state index in [4.69, 9.17) is 4.74 Å². The third-order valence-electron chi connectivity index (χ3n) is 4.00. The molecule has 0 unspecified atom stereocenters. The Kier molecular flexibility index (Phi) is 4.13. The summed E-state index contributed by atoms with van der Waals surface area (Å²) in [6, 6.07) is 6.83. The fourth-order valence-corrected chi connectivity index (χ4v) is 4.52. The van der Waals surface area contributed by atoms with E-state index >= 15 is 0 Å². The lowest BCUT2D eigenvalue weighted by molar-refractivity contribution is 0.188. The van der Waals surface area contributed by atoms with Crippen LogP contribution in [0.3, 0.4) is 0 Å². The molecule has 2 aromatic rings. The standard InChI is InChI=1S/C15H19N3O4S/c1-17-10-14(8-16-17)23(20,21)18-9-12(19)7-15(18)11-4-3-5-13(6-11)22-2/h3-6,8,10,12,15,19H,7,9H2,1-2H3/t12-,15-/m0/s1. The van der Waals surface area contributed by atoms with Gasteiger partial charge in [-0.3, -0.25) is 4.68 Å². The summed E-state index contributed by atoms with van der Waals surface area (Å²) in [4.78, 5) is 0.127. The minimum Gasteiger partial charge on any atom is -0.497 e. The van der Waals surface area contributed by atoms with Crippen molar-refractivity contribution in [1.82, 2.24) is 14.1 Å². The number of hydrogen-bond acceptors (Lipinski definition) is 5. The summed E-state index contributed by atoms with van der Waals surface area (Å²) in [6.07, 6.45) is 2.44. The Labute approximate surface area is 135 Å². The largest absolute Gasteiger partial charge is 0.497 e. The summed E-state index contributed by atoms with van der Waals surface area (Å²) in [5, 5.41) is 13.9. The van der Waals surface area contributed by atoms with Crippen LogP contribution in [0.25, 0.3) is 0 Å². The molecule has 8 heteroatoms. The van der Waals surface area contributed by atoms with E-state index in [1.165, 1.54) is 21.4 Å². The Balaban J connectivity index is 1.99. The molecule has 1 aromatic heterocycles. The number of β-amino-alcohol motifs (C(OH)–C–C–N with tert-alkyl or cyclic N) is 1. The van der Waals surface area contributed by atoms with Crippen molar-refractivity contribution < 1.29 is 18.3 Å². The molecule has 2 atom stereocenters. The number of ether oxygens (including phenoxy) is 1. The van der Waals surface area contributed by atoms with Crippen LogP contribution in [0.15, 0.2) is 41.6 Å². The molecule has 1 N–H and O–H groups in total. The zero-order valence-corrected chi connectivity index (χ0v) is 13.8. The molecule has 0 bridgehead atoms. The normalized spacial score (nSPS) is 22.4. The van der Waals surface area contributed by atoms with Crippen molar-refractivity contribution in [2.24, 2.45) is 7.05 Å². The van der Waals surface area contributed by atoms with Gasteiger partial charge in [-0.15, -0.1) is 0 Å². The Hall–Kier alpha value is -1.90. The van der Waals surface area contributed by atoms with Crippen LogP contribution in [-0.2, 0) is 17.1 Å². The summed E-state index contributed by atoms with van der Waals surface area (Å²) in [7, 11) is -0.492. The summed E-state index contributed by atoms with van der Waals surface area (Å²) in [5.74, 6) is 0.655. The molecule has 0 radical (unpaired) electrons. The zero-order valence-electron chi connectivity index (χ0n) is 13.0. The molecule has 0 saturated carbocycles. The lowest BCUT2D eigenvalue weighted by Gasteiger charge is -2.23. The molecule has 1 aliphatic rings. The first-order chi connectivity index (χ1) is 10.9. The summed E-state index contributed by atoms with van der Waals surface area (Å²) < 4.78 is 33.7. The molecule has 23 heavy (non-hydrogen) atoms. The molecular weight excluding hydrogens is 318 g/mol. The molecule has 0 spiro atoms. The number of aliphatic hydroxyl groups excluding tert-OH is 1. The molecular formula is C15H19N3O4S. The highest BCUT2D eigenvalue weighted by molar-refractivity contribution is 7.89. The van der Waals surface area contributed by atoms with E-state index in [1.807, 2.05) is 12.1 Å². The maximum absolute atomic E-state index is 12.9. The third kappa shape index (κ3) is 2.97. The van der Waals surface area contributed by atoms with Gasteiger partial charge in [0.1, 0.15) is 10.6 Å². The molecule has 1 saturated heterocycles. The molecule has 1 fully saturated rings. The van der Waals surface area contributed by atoms with E-state index in [-0.39, 0.29) is 11.4 Å². The fourth-order valence-electron chi connectivity index (χ4n) is 2.87. The van der Waals surface area contributed by atoms with Crippen molar-refractivity contribution in [3.63, 3.8) is 0 Å². The highest BCUT2D eigenvalue weighted by atomic mass is 32.2. The Morgan fingerprint density at radius 3 is 2.83 bits per heavy atom. The monoisotopic (exact) mass is 337 g/mol. The van der Waals surface area contributed by atoms with Crippen LogP contribution < -0.4 is 4.74 Å². The van der Waals surface area contributed by atoms with Gasteiger partial charge < -0.3 is 9.84 Å². The van der Waals surface area contributed by atoms with Gasteiger partial charge in [-0.1, -0.05) is 12.1 Å². The number of methoxy groups -OCH3 is 1. The topological polar surface area (TPSA) is 84.7 Å². The van der Waals surface area contributed by atoms with Gasteiger partial charge in [0.2, 0.25) is 10.0 Å². The maximum atomic E-state index is 12.9. The van der Waals surface area contributed by atoms with Gasteiger partial charge in [0.25, 0.3) is 0 Å². The van der Waals surface area contributed by atoms with Crippen molar-refractivity contribution in [2.45, 2.75) is 23.5 Å². The van der Waals surface area contributed by atoms with Crippen LogP contribution in [-0.4, -0.2) is 47.4 Å². The van der Waals surface area contributed by atoms with Gasteiger partial charge in [-0.25, -0.2) is 8.42 Å². The number of aryl methyl sites for hydroxylation is 1. The molecule has 0 aliphatic carbocycles. The van der Waals surface area contributed by atoms with E-state index in [9.17, 15) is 13.5 Å². The number of aliphatic hydroxyl groups is 1. The van der Waals surface area contributed by atoms with Crippen LogP contribution in [0.1, 0.15) is 18.0 Å². The minimum atomic E-state index is -3.72. The summed E-state index contributed by atoms with van der Waals surface area (Å²) in [5.41, 5.74) is 0.799.